The summed E-state index contributed by atoms with van der Waals surface area (Å²) in [6.07, 6.45) is 1.54. The van der Waals surface area contributed by atoms with Crippen LogP contribution in [0, 0.1) is 10.1 Å². The van der Waals surface area contributed by atoms with Gasteiger partial charge in [-0.1, -0.05) is 18.2 Å². The average Bonchev–Trinajstić information content (AvgIpc) is 2.88. The Morgan fingerprint density at radius 1 is 1.43 bits per heavy atom. The Hall–Kier alpha value is -1.51. The van der Waals surface area contributed by atoms with Crippen molar-refractivity contribution in [3.05, 3.63) is 39.9 Å². The van der Waals surface area contributed by atoms with Crippen LogP contribution < -0.4 is 0 Å². The maximum absolute atomic E-state index is 12.5. The van der Waals surface area contributed by atoms with E-state index in [1.807, 2.05) is 0 Å². The third-order valence-corrected chi connectivity index (χ3v) is 5.44. The van der Waals surface area contributed by atoms with Crippen LogP contribution in [-0.4, -0.2) is 43.9 Å². The molecule has 8 heteroatoms. The highest BCUT2D eigenvalue weighted by Crippen LogP contribution is 2.26. The molecule has 1 saturated heterocycles. The van der Waals surface area contributed by atoms with Crippen molar-refractivity contribution in [1.82, 2.24) is 4.31 Å². The van der Waals surface area contributed by atoms with Crippen LogP contribution in [0.15, 0.2) is 24.3 Å². The van der Waals surface area contributed by atoms with Crippen LogP contribution in [0.4, 0.5) is 5.69 Å². The number of para-hydroxylation sites is 1. The van der Waals surface area contributed by atoms with Gasteiger partial charge >= 0.3 is 0 Å². The number of hydrogen-bond acceptors (Lipinski definition) is 5. The topological polar surface area (TPSA) is 89.8 Å². The van der Waals surface area contributed by atoms with Gasteiger partial charge in [-0.05, 0) is 12.8 Å². The van der Waals surface area contributed by atoms with Gasteiger partial charge in [-0.3, -0.25) is 10.1 Å². The molecule has 1 heterocycles. The van der Waals surface area contributed by atoms with Gasteiger partial charge in [0, 0.05) is 31.3 Å². The first-order valence-corrected chi connectivity index (χ1v) is 8.27. The Morgan fingerprint density at radius 2 is 2.14 bits per heavy atom. The van der Waals surface area contributed by atoms with Gasteiger partial charge in [0.05, 0.1) is 17.3 Å². The van der Waals surface area contributed by atoms with E-state index in [2.05, 4.69) is 0 Å². The van der Waals surface area contributed by atoms with Crippen LogP contribution in [0.25, 0.3) is 0 Å². The van der Waals surface area contributed by atoms with E-state index in [0.29, 0.717) is 13.2 Å². The quantitative estimate of drug-likeness (QED) is 0.587. The lowest BCUT2D eigenvalue weighted by Crippen LogP contribution is -2.38. The van der Waals surface area contributed by atoms with Crippen molar-refractivity contribution < 1.29 is 18.1 Å². The molecule has 1 atom stereocenters. The first-order valence-electron chi connectivity index (χ1n) is 6.66. The predicted octanol–water partition coefficient (Wildman–Crippen LogP) is 1.54. The van der Waals surface area contributed by atoms with E-state index in [-0.39, 0.29) is 23.0 Å². The number of methoxy groups -OCH3 is 1. The minimum Gasteiger partial charge on any atom is -0.383 e. The van der Waals surface area contributed by atoms with Crippen molar-refractivity contribution in [2.45, 2.75) is 24.6 Å². The van der Waals surface area contributed by atoms with Gasteiger partial charge < -0.3 is 4.74 Å². The largest absolute Gasteiger partial charge is 0.383 e. The highest BCUT2D eigenvalue weighted by atomic mass is 32.2. The summed E-state index contributed by atoms with van der Waals surface area (Å²) >= 11 is 0. The van der Waals surface area contributed by atoms with Gasteiger partial charge in [0.1, 0.15) is 0 Å². The van der Waals surface area contributed by atoms with Gasteiger partial charge in [-0.15, -0.1) is 0 Å². The van der Waals surface area contributed by atoms with Crippen LogP contribution in [0.5, 0.6) is 0 Å². The Labute approximate surface area is 123 Å². The molecule has 0 radical (unpaired) electrons. The number of nitrogens with zero attached hydrogens (tertiary/aromatic N) is 2. The van der Waals surface area contributed by atoms with E-state index in [4.69, 9.17) is 4.74 Å². The lowest BCUT2D eigenvalue weighted by atomic mass is 10.2. The minimum atomic E-state index is -3.59. The molecule has 116 valence electrons. The molecule has 0 aromatic heterocycles. The van der Waals surface area contributed by atoms with Crippen LogP contribution in [0.3, 0.4) is 0 Å². The Morgan fingerprint density at radius 3 is 2.81 bits per heavy atom. The van der Waals surface area contributed by atoms with Crippen LogP contribution in [0.1, 0.15) is 18.4 Å². The average molecular weight is 314 g/mol. The summed E-state index contributed by atoms with van der Waals surface area (Å²) in [7, 11) is -2.06. The number of rotatable bonds is 6. The molecular weight excluding hydrogens is 296 g/mol. The predicted molar refractivity (Wildman–Crippen MR) is 77.3 cm³/mol. The summed E-state index contributed by atoms with van der Waals surface area (Å²) in [6, 6.07) is 5.76. The standard InChI is InChI=1S/C13H18N2O5S/c1-20-9-12-6-4-8-14(12)21(18,19)10-11-5-2-3-7-13(11)15(16)17/h2-3,5,7,12H,4,6,8-10H2,1H3/t12-/m0/s1. The van der Waals surface area contributed by atoms with Gasteiger partial charge in [0.15, 0.2) is 0 Å². The van der Waals surface area contributed by atoms with Crippen molar-refractivity contribution in [3.63, 3.8) is 0 Å². The molecule has 0 spiro atoms. The van der Waals surface area contributed by atoms with Crippen LogP contribution >= 0.6 is 0 Å². The molecule has 0 unspecified atom stereocenters. The number of benzene rings is 1. The maximum atomic E-state index is 12.5. The highest BCUT2D eigenvalue weighted by Gasteiger charge is 2.35. The number of hydrogen-bond donors (Lipinski definition) is 0. The zero-order chi connectivity index (χ0) is 15.5. The van der Waals surface area contributed by atoms with Crippen molar-refractivity contribution in [3.8, 4) is 0 Å². The van der Waals surface area contributed by atoms with Crippen molar-refractivity contribution >= 4 is 15.7 Å². The molecule has 1 aromatic carbocycles. The van der Waals surface area contributed by atoms with Crippen molar-refractivity contribution in [2.75, 3.05) is 20.3 Å². The number of nitro groups is 1. The van der Waals surface area contributed by atoms with E-state index in [0.717, 1.165) is 12.8 Å². The van der Waals surface area contributed by atoms with E-state index in [9.17, 15) is 18.5 Å². The summed E-state index contributed by atoms with van der Waals surface area (Å²) in [5, 5.41) is 11.0. The molecule has 0 amide bonds. The monoisotopic (exact) mass is 314 g/mol. The normalized spacial score (nSPS) is 19.8. The fourth-order valence-electron chi connectivity index (χ4n) is 2.62. The third kappa shape index (κ3) is 3.58. The van der Waals surface area contributed by atoms with Crippen molar-refractivity contribution in [1.29, 1.82) is 0 Å². The lowest BCUT2D eigenvalue weighted by Gasteiger charge is -2.23. The molecule has 0 N–H and O–H groups in total. The van der Waals surface area contributed by atoms with E-state index >= 15 is 0 Å². The van der Waals surface area contributed by atoms with Gasteiger partial charge in [-0.2, -0.15) is 4.31 Å². The lowest BCUT2D eigenvalue weighted by molar-refractivity contribution is -0.385. The summed E-state index contributed by atoms with van der Waals surface area (Å²) in [5.74, 6) is -0.357. The van der Waals surface area contributed by atoms with E-state index < -0.39 is 14.9 Å². The summed E-state index contributed by atoms with van der Waals surface area (Å²) < 4.78 is 31.5. The summed E-state index contributed by atoms with van der Waals surface area (Å²) in [6.45, 7) is 0.785. The first kappa shape index (κ1) is 15.9. The fraction of sp³-hybridized carbons (Fsp3) is 0.538. The number of sulfonamides is 1. The minimum absolute atomic E-state index is 0.163. The molecule has 1 aromatic rings. The molecule has 1 aliphatic heterocycles. The molecule has 21 heavy (non-hydrogen) atoms. The van der Waals surface area contributed by atoms with E-state index in [1.165, 1.54) is 29.6 Å². The van der Waals surface area contributed by atoms with Gasteiger partial charge in [0.25, 0.3) is 5.69 Å². The zero-order valence-electron chi connectivity index (χ0n) is 11.8. The Bertz CT molecular complexity index is 617. The summed E-state index contributed by atoms with van der Waals surface area (Å²) in [4.78, 5) is 10.4. The van der Waals surface area contributed by atoms with Crippen LogP contribution in [0.2, 0.25) is 0 Å². The number of nitro benzene ring substituents is 1. The fourth-order valence-corrected chi connectivity index (χ4v) is 4.46. The zero-order valence-corrected chi connectivity index (χ0v) is 12.6. The molecule has 0 saturated carbocycles. The molecule has 7 nitrogen and oxygen atoms in total. The second kappa shape index (κ2) is 6.50. The van der Waals surface area contributed by atoms with Gasteiger partial charge in [-0.25, -0.2) is 8.42 Å². The van der Waals surface area contributed by atoms with Crippen molar-refractivity contribution in [2.24, 2.45) is 0 Å². The maximum Gasteiger partial charge on any atom is 0.273 e. The third-order valence-electron chi connectivity index (χ3n) is 3.57. The Balaban J connectivity index is 2.24. The summed E-state index contributed by atoms with van der Waals surface area (Å²) in [5.41, 5.74) is 0.0501. The number of ether oxygens (including phenoxy) is 1. The molecule has 2 rings (SSSR count). The molecule has 1 fully saturated rings. The van der Waals surface area contributed by atoms with Crippen LogP contribution in [-0.2, 0) is 20.5 Å². The first-order chi connectivity index (χ1) is 9.95. The molecule has 0 bridgehead atoms. The van der Waals surface area contributed by atoms with E-state index in [1.54, 1.807) is 6.07 Å². The highest BCUT2D eigenvalue weighted by molar-refractivity contribution is 7.88. The SMILES string of the molecule is COC[C@@H]1CCCN1S(=O)(=O)Cc1ccccc1[N+](=O)[O-]. The molecule has 1 aliphatic rings. The molecular formula is C13H18N2O5S. The van der Waals surface area contributed by atoms with Gasteiger partial charge in [0.2, 0.25) is 10.0 Å². The Kier molecular flexibility index (Phi) is 4.92. The molecule has 0 aliphatic carbocycles. The second-order valence-electron chi connectivity index (χ2n) is 5.00. The second-order valence-corrected chi connectivity index (χ2v) is 6.93. The smallest absolute Gasteiger partial charge is 0.273 e.